The van der Waals surface area contributed by atoms with E-state index in [9.17, 15) is 4.39 Å². The average molecular weight is 473 g/mol. The van der Waals surface area contributed by atoms with Gasteiger partial charge in [0.2, 0.25) is 0 Å². The Morgan fingerprint density at radius 3 is 2.73 bits per heavy atom. The number of aliphatic imine (C=N–C) groups is 1. The summed E-state index contributed by atoms with van der Waals surface area (Å²) in [6, 6.07) is 6.99. The van der Waals surface area contributed by atoms with Crippen LogP contribution in [0.3, 0.4) is 0 Å². The smallest absolute Gasteiger partial charge is 0.194 e. The van der Waals surface area contributed by atoms with E-state index in [-0.39, 0.29) is 36.3 Å². The lowest BCUT2D eigenvalue weighted by Gasteiger charge is -2.27. The van der Waals surface area contributed by atoms with Crippen LogP contribution in [-0.4, -0.2) is 54.5 Å². The van der Waals surface area contributed by atoms with Gasteiger partial charge in [-0.15, -0.1) is 24.0 Å². The fourth-order valence-corrected chi connectivity index (χ4v) is 3.32. The number of likely N-dealkylation sites (N-methyl/N-ethyl adjacent to an activating group) is 1. The molecule has 2 rings (SSSR count). The zero-order valence-corrected chi connectivity index (χ0v) is 18.2. The highest BCUT2D eigenvalue weighted by Crippen LogP contribution is 2.16. The van der Waals surface area contributed by atoms with Gasteiger partial charge in [0.25, 0.3) is 0 Å². The van der Waals surface area contributed by atoms with Crippen LogP contribution in [0, 0.1) is 17.1 Å². The van der Waals surface area contributed by atoms with Crippen LogP contribution in [0.25, 0.3) is 0 Å². The molecule has 0 spiro atoms. The van der Waals surface area contributed by atoms with Gasteiger partial charge in [-0.3, -0.25) is 4.90 Å². The number of nitrogens with zero attached hydrogens (tertiary/aromatic N) is 4. The summed E-state index contributed by atoms with van der Waals surface area (Å²) in [6.45, 7) is 11.4. The zero-order valence-electron chi connectivity index (χ0n) is 15.8. The van der Waals surface area contributed by atoms with Crippen LogP contribution in [0.1, 0.15) is 38.3 Å². The van der Waals surface area contributed by atoms with Gasteiger partial charge in [0.15, 0.2) is 5.96 Å². The molecule has 1 atom stereocenters. The molecule has 1 saturated heterocycles. The maximum Gasteiger partial charge on any atom is 0.194 e. The summed E-state index contributed by atoms with van der Waals surface area (Å²) in [5, 5.41) is 12.3. The van der Waals surface area contributed by atoms with E-state index >= 15 is 0 Å². The van der Waals surface area contributed by atoms with E-state index in [2.05, 4.69) is 34.0 Å². The van der Waals surface area contributed by atoms with Crippen molar-refractivity contribution >= 4 is 29.9 Å². The first-order valence-corrected chi connectivity index (χ1v) is 9.08. The molecule has 1 unspecified atom stereocenters. The van der Waals surface area contributed by atoms with Crippen molar-refractivity contribution in [3.05, 3.63) is 35.1 Å². The Hall–Kier alpha value is -1.40. The number of benzene rings is 1. The topological polar surface area (TPSA) is 54.7 Å². The molecule has 1 heterocycles. The van der Waals surface area contributed by atoms with Crippen LogP contribution in [0.15, 0.2) is 23.2 Å². The van der Waals surface area contributed by atoms with E-state index < -0.39 is 0 Å². The van der Waals surface area contributed by atoms with Crippen molar-refractivity contribution < 1.29 is 4.39 Å². The Morgan fingerprint density at radius 2 is 2.12 bits per heavy atom. The Labute approximate surface area is 173 Å². The first kappa shape index (κ1) is 22.6. The maximum absolute atomic E-state index is 14.0. The van der Waals surface area contributed by atoms with Crippen molar-refractivity contribution in [2.24, 2.45) is 4.99 Å². The van der Waals surface area contributed by atoms with Crippen LogP contribution in [-0.2, 0) is 6.54 Å². The summed E-state index contributed by atoms with van der Waals surface area (Å²) in [5.74, 6) is 0.500. The molecule has 7 heteroatoms. The van der Waals surface area contributed by atoms with E-state index in [0.29, 0.717) is 17.2 Å². The Morgan fingerprint density at radius 1 is 1.38 bits per heavy atom. The molecule has 1 aliphatic rings. The highest BCUT2D eigenvalue weighted by Gasteiger charge is 2.27. The Kier molecular flexibility index (Phi) is 9.88. The van der Waals surface area contributed by atoms with Crippen LogP contribution in [0.5, 0.6) is 0 Å². The Bertz CT molecular complexity index is 639. The lowest BCUT2D eigenvalue weighted by Crippen LogP contribution is -2.43. The molecule has 26 heavy (non-hydrogen) atoms. The predicted molar refractivity (Wildman–Crippen MR) is 114 cm³/mol. The van der Waals surface area contributed by atoms with Gasteiger partial charge in [-0.05, 0) is 44.6 Å². The van der Waals surface area contributed by atoms with Crippen molar-refractivity contribution in [3.8, 4) is 6.07 Å². The molecule has 1 N–H and O–H groups in total. The lowest BCUT2D eigenvalue weighted by molar-refractivity contribution is 0.223. The predicted octanol–water partition coefficient (Wildman–Crippen LogP) is 3.20. The van der Waals surface area contributed by atoms with Gasteiger partial charge in [0.05, 0.1) is 18.2 Å². The molecule has 0 aliphatic carbocycles. The van der Waals surface area contributed by atoms with Gasteiger partial charge < -0.3 is 10.2 Å². The molecule has 0 radical (unpaired) electrons. The summed E-state index contributed by atoms with van der Waals surface area (Å²) in [4.78, 5) is 9.33. The lowest BCUT2D eigenvalue weighted by atomic mass is 10.1. The quantitative estimate of drug-likeness (QED) is 0.392. The second-order valence-corrected chi connectivity index (χ2v) is 6.20. The molecule has 144 valence electrons. The molecular weight excluding hydrogens is 444 g/mol. The molecule has 1 fully saturated rings. The van der Waals surface area contributed by atoms with Crippen LogP contribution < -0.4 is 5.32 Å². The van der Waals surface area contributed by atoms with Crippen LogP contribution in [0.2, 0.25) is 0 Å². The molecule has 0 aromatic heterocycles. The van der Waals surface area contributed by atoms with Gasteiger partial charge in [-0.25, -0.2) is 9.38 Å². The minimum absolute atomic E-state index is 0. The summed E-state index contributed by atoms with van der Waals surface area (Å²) in [7, 11) is 0. The number of nitriles is 1. The maximum atomic E-state index is 14.0. The summed E-state index contributed by atoms with van der Waals surface area (Å²) in [5.41, 5.74) is 0.910. The molecule has 1 aromatic carbocycles. The van der Waals surface area contributed by atoms with Crippen molar-refractivity contribution in [3.63, 3.8) is 0 Å². The zero-order chi connectivity index (χ0) is 18.2. The Balaban J connectivity index is 0.00000338. The standard InChI is InChI=1S/C19H28FN5.HI/c1-4-22-19(25-10-9-17(14-25)24(5-2)6-3)23-13-16-11-15(12-21)7-8-18(16)20;/h7-8,11,17H,4-6,9-10,13-14H2,1-3H3,(H,22,23);1H. The van der Waals surface area contributed by atoms with Gasteiger partial charge in [-0.1, -0.05) is 13.8 Å². The van der Waals surface area contributed by atoms with Crippen LogP contribution in [0.4, 0.5) is 4.39 Å². The number of rotatable bonds is 6. The number of hydrogen-bond donors (Lipinski definition) is 1. The fourth-order valence-electron chi connectivity index (χ4n) is 3.32. The summed E-state index contributed by atoms with van der Waals surface area (Å²) in [6.07, 6.45) is 1.12. The molecule has 1 aromatic rings. The SMILES string of the molecule is CCNC(=NCc1cc(C#N)ccc1F)N1CCC(N(CC)CC)C1.I. The summed E-state index contributed by atoms with van der Waals surface area (Å²) < 4.78 is 14.0. The third-order valence-electron chi connectivity index (χ3n) is 4.70. The minimum Gasteiger partial charge on any atom is -0.357 e. The molecule has 0 saturated carbocycles. The molecular formula is C19H29FIN5. The highest BCUT2D eigenvalue weighted by molar-refractivity contribution is 14.0. The van der Waals surface area contributed by atoms with Gasteiger partial charge >= 0.3 is 0 Å². The van der Waals surface area contributed by atoms with E-state index in [0.717, 1.165) is 45.1 Å². The molecule has 0 bridgehead atoms. The molecule has 5 nitrogen and oxygen atoms in total. The van der Waals surface area contributed by atoms with Crippen molar-refractivity contribution in [1.29, 1.82) is 5.26 Å². The van der Waals surface area contributed by atoms with E-state index in [1.807, 2.05) is 13.0 Å². The number of guanidine groups is 1. The number of likely N-dealkylation sites (tertiary alicyclic amines) is 1. The third-order valence-corrected chi connectivity index (χ3v) is 4.70. The number of halogens is 2. The highest BCUT2D eigenvalue weighted by atomic mass is 127. The van der Waals surface area contributed by atoms with Gasteiger partial charge in [0.1, 0.15) is 5.82 Å². The number of nitrogens with one attached hydrogen (secondary N) is 1. The molecule has 1 aliphatic heterocycles. The van der Waals surface area contributed by atoms with Crippen molar-refractivity contribution in [2.45, 2.75) is 39.8 Å². The third kappa shape index (κ3) is 5.81. The van der Waals surface area contributed by atoms with E-state index in [4.69, 9.17) is 5.26 Å². The van der Waals surface area contributed by atoms with Crippen molar-refractivity contribution in [2.75, 3.05) is 32.7 Å². The van der Waals surface area contributed by atoms with Crippen LogP contribution >= 0.6 is 24.0 Å². The molecule has 0 amide bonds. The summed E-state index contributed by atoms with van der Waals surface area (Å²) >= 11 is 0. The fraction of sp³-hybridized carbons (Fsp3) is 0.579. The second-order valence-electron chi connectivity index (χ2n) is 6.20. The van der Waals surface area contributed by atoms with Gasteiger partial charge in [0, 0.05) is 31.2 Å². The largest absolute Gasteiger partial charge is 0.357 e. The minimum atomic E-state index is -0.318. The first-order valence-electron chi connectivity index (χ1n) is 9.08. The van der Waals surface area contributed by atoms with E-state index in [1.165, 1.54) is 12.1 Å². The normalized spacial score (nSPS) is 17.2. The van der Waals surface area contributed by atoms with Crippen molar-refractivity contribution in [1.82, 2.24) is 15.1 Å². The average Bonchev–Trinajstić information content (AvgIpc) is 3.10. The van der Waals surface area contributed by atoms with Gasteiger partial charge in [-0.2, -0.15) is 5.26 Å². The monoisotopic (exact) mass is 473 g/mol. The first-order chi connectivity index (χ1) is 12.1. The van der Waals surface area contributed by atoms with E-state index in [1.54, 1.807) is 6.07 Å². The second kappa shape index (κ2) is 11.3. The number of hydrogen-bond acceptors (Lipinski definition) is 3.